The van der Waals surface area contributed by atoms with E-state index in [0.717, 1.165) is 0 Å². The van der Waals surface area contributed by atoms with Crippen molar-refractivity contribution in [2.75, 3.05) is 14.2 Å². The van der Waals surface area contributed by atoms with Gasteiger partial charge in [0.15, 0.2) is 11.5 Å². The first-order valence-corrected chi connectivity index (χ1v) is 11.6. The fraction of sp³-hybridized carbons (Fsp3) is 0.615. The van der Waals surface area contributed by atoms with Crippen LogP contribution in [0.4, 0.5) is 9.59 Å². The molecule has 10 heteroatoms. The summed E-state index contributed by atoms with van der Waals surface area (Å²) in [5.74, 6) is -2.43. The van der Waals surface area contributed by atoms with Gasteiger partial charge in [0.1, 0.15) is 23.3 Å². The maximum atomic E-state index is 14.1. The van der Waals surface area contributed by atoms with Gasteiger partial charge in [-0.2, -0.15) is 0 Å². The molecule has 4 amide bonds. The first-order chi connectivity index (χ1) is 17.3. The molecule has 0 unspecified atom stereocenters. The van der Waals surface area contributed by atoms with Crippen LogP contribution in [-0.2, 0) is 25.5 Å². The standard InChI is InChI=1S/C26H38N2O8/c1-15(2)20-22(30)27(23(31)35-25(3,4)5)17(21(29)28(20)24(32)36-26(6,7)8)13-16-11-12-18(33-9)19(14-16)34-10/h11-12,14-15,17,20H,13H2,1-10H3/t17-,20-/m0/s1/i13D,17D/t13-,17+,20+/m1. The third kappa shape index (κ3) is 6.67. The first kappa shape index (κ1) is 25.8. The molecule has 1 saturated heterocycles. The molecule has 0 N–H and O–H groups in total. The van der Waals surface area contributed by atoms with Crippen molar-refractivity contribution < 1.29 is 40.9 Å². The molecule has 1 aromatic rings. The van der Waals surface area contributed by atoms with E-state index in [9.17, 15) is 20.5 Å². The number of hydrogen-bond acceptors (Lipinski definition) is 8. The molecule has 1 aromatic carbocycles. The van der Waals surface area contributed by atoms with Crippen molar-refractivity contribution in [2.24, 2.45) is 5.92 Å². The molecule has 0 bridgehead atoms. The average Bonchev–Trinajstić information content (AvgIpc) is 2.77. The summed E-state index contributed by atoms with van der Waals surface area (Å²) >= 11 is 0. The maximum absolute atomic E-state index is 14.1. The van der Waals surface area contributed by atoms with Crippen molar-refractivity contribution in [1.82, 2.24) is 9.80 Å². The van der Waals surface area contributed by atoms with E-state index in [0.29, 0.717) is 15.5 Å². The molecule has 1 fully saturated rings. The fourth-order valence-corrected chi connectivity index (χ4v) is 3.52. The molecule has 3 atom stereocenters. The monoisotopic (exact) mass is 508 g/mol. The topological polar surface area (TPSA) is 112 Å². The Bertz CT molecular complexity index is 1100. The largest absolute Gasteiger partial charge is 0.493 e. The van der Waals surface area contributed by atoms with Crippen molar-refractivity contribution in [3.63, 3.8) is 0 Å². The molecule has 2 rings (SSSR count). The van der Waals surface area contributed by atoms with Crippen molar-refractivity contribution in [1.29, 1.82) is 0 Å². The van der Waals surface area contributed by atoms with E-state index >= 15 is 0 Å². The van der Waals surface area contributed by atoms with Gasteiger partial charge in [0.2, 0.25) is 0 Å². The molecular formula is C26H38N2O8. The van der Waals surface area contributed by atoms with Crippen LogP contribution in [0.15, 0.2) is 18.2 Å². The Labute approximate surface area is 215 Å². The van der Waals surface area contributed by atoms with Crippen LogP contribution in [0.25, 0.3) is 0 Å². The Hall–Kier alpha value is -3.30. The minimum Gasteiger partial charge on any atom is -0.493 e. The SMILES string of the molecule is [2H][C@H](c1ccc(OC)c(OC)c1)[C@@]1([2H])C(=O)N(C(=O)OC(C)(C)C)[C@@H](C(C)C)C(=O)N1C(=O)OC(C)(C)C. The number of carbonyl (C=O) groups excluding carboxylic acids is 4. The molecular weight excluding hydrogens is 468 g/mol. The number of methoxy groups -OCH3 is 2. The highest BCUT2D eigenvalue weighted by Crippen LogP contribution is 2.32. The molecule has 0 aliphatic carbocycles. The van der Waals surface area contributed by atoms with Gasteiger partial charge in [-0.1, -0.05) is 19.9 Å². The second-order valence-electron chi connectivity index (χ2n) is 10.6. The van der Waals surface area contributed by atoms with Gasteiger partial charge in [-0.15, -0.1) is 0 Å². The van der Waals surface area contributed by atoms with Gasteiger partial charge in [-0.3, -0.25) is 9.59 Å². The van der Waals surface area contributed by atoms with Crippen LogP contribution in [0.2, 0.25) is 0 Å². The summed E-state index contributed by atoms with van der Waals surface area (Å²) in [5.41, 5.74) is -2.06. The van der Waals surface area contributed by atoms with E-state index in [-0.39, 0.29) is 11.3 Å². The Morgan fingerprint density at radius 2 is 1.42 bits per heavy atom. The van der Waals surface area contributed by atoms with Crippen LogP contribution in [-0.4, -0.2) is 71.3 Å². The number of amides is 4. The fourth-order valence-electron chi connectivity index (χ4n) is 3.52. The highest BCUT2D eigenvalue weighted by atomic mass is 16.6. The third-order valence-corrected chi connectivity index (χ3v) is 4.94. The minimum absolute atomic E-state index is 0.0551. The minimum atomic E-state index is -2.93. The molecule has 1 heterocycles. The van der Waals surface area contributed by atoms with E-state index < -0.39 is 59.6 Å². The lowest BCUT2D eigenvalue weighted by molar-refractivity contribution is -0.161. The molecule has 36 heavy (non-hydrogen) atoms. The predicted octanol–water partition coefficient (Wildman–Crippen LogP) is 4.18. The van der Waals surface area contributed by atoms with Crippen LogP contribution in [0, 0.1) is 5.92 Å². The van der Waals surface area contributed by atoms with E-state index in [4.69, 9.17) is 20.3 Å². The number of piperazine rings is 1. The summed E-state index contributed by atoms with van der Waals surface area (Å²) in [6.45, 7) is 12.6. The van der Waals surface area contributed by atoms with Gasteiger partial charge < -0.3 is 18.9 Å². The van der Waals surface area contributed by atoms with Crippen molar-refractivity contribution in [3.05, 3.63) is 23.8 Å². The lowest BCUT2D eigenvalue weighted by atomic mass is 9.93. The van der Waals surface area contributed by atoms with E-state index in [1.54, 1.807) is 55.4 Å². The smallest absolute Gasteiger partial charge is 0.417 e. The van der Waals surface area contributed by atoms with Crippen molar-refractivity contribution in [3.8, 4) is 11.5 Å². The van der Waals surface area contributed by atoms with E-state index in [1.165, 1.54) is 32.4 Å². The summed E-state index contributed by atoms with van der Waals surface area (Å²) in [7, 11) is 2.79. The first-order valence-electron chi connectivity index (χ1n) is 12.7. The Kier molecular flexibility index (Phi) is 7.70. The lowest BCUT2D eigenvalue weighted by Gasteiger charge is -2.44. The number of rotatable bonds is 5. The summed E-state index contributed by atoms with van der Waals surface area (Å²) in [6, 6.07) is -0.159. The van der Waals surface area contributed by atoms with Crippen LogP contribution in [0.3, 0.4) is 0 Å². The zero-order chi connectivity index (χ0) is 29.4. The lowest BCUT2D eigenvalue weighted by Crippen LogP contribution is -2.69. The number of hydrogen-bond donors (Lipinski definition) is 0. The normalized spacial score (nSPS) is 22.6. The van der Waals surface area contributed by atoms with E-state index in [1.807, 2.05) is 0 Å². The van der Waals surface area contributed by atoms with Crippen LogP contribution >= 0.6 is 0 Å². The number of nitrogens with zero attached hydrogens (tertiary/aromatic N) is 2. The summed E-state index contributed by atoms with van der Waals surface area (Å²) < 4.78 is 39.5. The number of ether oxygens (including phenoxy) is 4. The van der Waals surface area contributed by atoms with E-state index in [2.05, 4.69) is 0 Å². The van der Waals surface area contributed by atoms with Gasteiger partial charge in [-0.25, -0.2) is 19.4 Å². The van der Waals surface area contributed by atoms with Gasteiger partial charge in [-0.05, 0) is 65.2 Å². The average molecular weight is 509 g/mol. The molecule has 0 saturated carbocycles. The molecule has 1 aliphatic heterocycles. The molecule has 10 nitrogen and oxygen atoms in total. The highest BCUT2D eigenvalue weighted by Gasteiger charge is 2.53. The summed E-state index contributed by atoms with van der Waals surface area (Å²) in [5, 5.41) is 0. The Balaban J connectivity index is 2.80. The van der Waals surface area contributed by atoms with Gasteiger partial charge in [0.25, 0.3) is 11.8 Å². The Morgan fingerprint density at radius 1 is 0.917 bits per heavy atom. The molecule has 0 spiro atoms. The molecule has 0 radical (unpaired) electrons. The van der Waals surface area contributed by atoms with Crippen molar-refractivity contribution in [2.45, 2.75) is 85.0 Å². The van der Waals surface area contributed by atoms with Crippen LogP contribution in [0.1, 0.15) is 63.7 Å². The molecule has 0 aromatic heterocycles. The predicted molar refractivity (Wildman–Crippen MR) is 132 cm³/mol. The highest BCUT2D eigenvalue weighted by molar-refractivity contribution is 6.10. The van der Waals surface area contributed by atoms with Crippen LogP contribution in [0.5, 0.6) is 11.5 Å². The quantitative estimate of drug-likeness (QED) is 0.582. The van der Waals surface area contributed by atoms with Gasteiger partial charge in [0, 0.05) is 7.77 Å². The number of imide groups is 2. The van der Waals surface area contributed by atoms with Crippen LogP contribution < -0.4 is 9.47 Å². The van der Waals surface area contributed by atoms with Crippen molar-refractivity contribution >= 4 is 24.0 Å². The zero-order valence-electron chi connectivity index (χ0n) is 24.6. The molecule has 200 valence electrons. The maximum Gasteiger partial charge on any atom is 0.417 e. The third-order valence-electron chi connectivity index (χ3n) is 4.94. The number of benzene rings is 1. The van der Waals surface area contributed by atoms with Gasteiger partial charge in [0.05, 0.1) is 15.6 Å². The zero-order valence-corrected chi connectivity index (χ0v) is 22.6. The second kappa shape index (κ2) is 10.8. The summed E-state index contributed by atoms with van der Waals surface area (Å²) in [4.78, 5) is 55.4. The Morgan fingerprint density at radius 3 is 1.86 bits per heavy atom. The molecule has 1 aliphatic rings. The number of carbonyl (C=O) groups is 4. The second-order valence-corrected chi connectivity index (χ2v) is 10.6. The van der Waals surface area contributed by atoms with Gasteiger partial charge >= 0.3 is 12.2 Å². The summed E-state index contributed by atoms with van der Waals surface area (Å²) in [6.07, 6.45) is -4.31.